The maximum Gasteiger partial charge on any atom is 0.128 e. The van der Waals surface area contributed by atoms with Crippen LogP contribution in [0, 0.1) is 0 Å². The van der Waals surface area contributed by atoms with Crippen LogP contribution in [0.5, 0.6) is 5.75 Å². The van der Waals surface area contributed by atoms with Gasteiger partial charge in [-0.25, -0.2) is 4.98 Å². The number of nitrogens with one attached hydrogen (secondary N) is 1. The Balaban J connectivity index is 1.99. The summed E-state index contributed by atoms with van der Waals surface area (Å²) in [6, 6.07) is 12.5. The van der Waals surface area contributed by atoms with E-state index < -0.39 is 0 Å². The van der Waals surface area contributed by atoms with Crippen LogP contribution in [-0.2, 0) is 6.42 Å². The van der Waals surface area contributed by atoms with Crippen LogP contribution >= 0.6 is 0 Å². The molecule has 0 aliphatic carbocycles. The summed E-state index contributed by atoms with van der Waals surface area (Å²) in [5.74, 6) is 1.89. The van der Waals surface area contributed by atoms with Crippen molar-refractivity contribution in [3.8, 4) is 5.75 Å². The van der Waals surface area contributed by atoms with E-state index >= 15 is 0 Å². The van der Waals surface area contributed by atoms with E-state index in [9.17, 15) is 0 Å². The Kier molecular flexibility index (Phi) is 5.04. The van der Waals surface area contributed by atoms with E-state index in [0.29, 0.717) is 6.04 Å². The number of hydrogen-bond donors (Lipinski definition) is 1. The number of methoxy groups -OCH3 is 1. The Morgan fingerprint density at radius 3 is 2.57 bits per heavy atom. The van der Waals surface area contributed by atoms with Crippen LogP contribution in [0.1, 0.15) is 12.5 Å². The second-order valence-electron chi connectivity index (χ2n) is 5.36. The highest BCUT2D eigenvalue weighted by Gasteiger charge is 2.08. The average molecular weight is 285 g/mol. The van der Waals surface area contributed by atoms with Gasteiger partial charge in [0.15, 0.2) is 0 Å². The predicted molar refractivity (Wildman–Crippen MR) is 88.3 cm³/mol. The third-order valence-electron chi connectivity index (χ3n) is 3.34. The molecule has 2 rings (SSSR count). The van der Waals surface area contributed by atoms with E-state index in [-0.39, 0.29) is 0 Å². The van der Waals surface area contributed by atoms with Gasteiger partial charge in [-0.3, -0.25) is 0 Å². The molecule has 0 fully saturated rings. The summed E-state index contributed by atoms with van der Waals surface area (Å²) in [6.45, 7) is 2.16. The first-order valence-electron chi connectivity index (χ1n) is 7.12. The Bertz CT molecular complexity index is 567. The van der Waals surface area contributed by atoms with Crippen molar-refractivity contribution in [1.29, 1.82) is 0 Å². The minimum atomic E-state index is 0.299. The first kappa shape index (κ1) is 15.2. The highest BCUT2D eigenvalue weighted by atomic mass is 16.5. The van der Waals surface area contributed by atoms with Gasteiger partial charge in [-0.05, 0) is 37.1 Å². The SMILES string of the molecule is COc1ccccc1CC(C)Nc1ccc(N(C)C)nc1. The van der Waals surface area contributed by atoms with Crippen molar-refractivity contribution in [1.82, 2.24) is 4.98 Å². The molecule has 0 spiro atoms. The second-order valence-corrected chi connectivity index (χ2v) is 5.36. The maximum absolute atomic E-state index is 5.39. The second kappa shape index (κ2) is 6.97. The zero-order chi connectivity index (χ0) is 15.2. The Hall–Kier alpha value is -2.23. The molecule has 0 amide bonds. The average Bonchev–Trinajstić information content (AvgIpc) is 2.48. The van der Waals surface area contributed by atoms with Gasteiger partial charge in [0.25, 0.3) is 0 Å². The fourth-order valence-corrected chi connectivity index (χ4v) is 2.27. The van der Waals surface area contributed by atoms with Crippen LogP contribution in [-0.4, -0.2) is 32.2 Å². The molecule has 1 N–H and O–H groups in total. The molecule has 0 saturated carbocycles. The lowest BCUT2D eigenvalue weighted by Gasteiger charge is -2.18. The van der Waals surface area contributed by atoms with Crippen molar-refractivity contribution < 1.29 is 4.74 Å². The fraction of sp³-hybridized carbons (Fsp3) is 0.353. The van der Waals surface area contributed by atoms with E-state index in [1.165, 1.54) is 5.56 Å². The number of rotatable bonds is 6. The predicted octanol–water partition coefficient (Wildman–Crippen LogP) is 3.20. The molecule has 0 aliphatic rings. The number of para-hydroxylation sites is 1. The monoisotopic (exact) mass is 285 g/mol. The lowest BCUT2D eigenvalue weighted by molar-refractivity contribution is 0.409. The van der Waals surface area contributed by atoms with E-state index in [0.717, 1.165) is 23.7 Å². The van der Waals surface area contributed by atoms with Gasteiger partial charge in [-0.15, -0.1) is 0 Å². The molecule has 0 radical (unpaired) electrons. The van der Waals surface area contributed by atoms with Crippen LogP contribution in [0.4, 0.5) is 11.5 Å². The molecular weight excluding hydrogens is 262 g/mol. The number of benzene rings is 1. The van der Waals surface area contributed by atoms with Gasteiger partial charge in [0.2, 0.25) is 0 Å². The molecule has 1 heterocycles. The number of aromatic nitrogens is 1. The van der Waals surface area contributed by atoms with Crippen LogP contribution in [0.25, 0.3) is 0 Å². The molecule has 1 aromatic heterocycles. The van der Waals surface area contributed by atoms with Crippen molar-refractivity contribution in [3.05, 3.63) is 48.2 Å². The van der Waals surface area contributed by atoms with Crippen molar-refractivity contribution in [2.45, 2.75) is 19.4 Å². The molecule has 1 unspecified atom stereocenters. The topological polar surface area (TPSA) is 37.4 Å². The Morgan fingerprint density at radius 2 is 1.95 bits per heavy atom. The highest BCUT2D eigenvalue weighted by Crippen LogP contribution is 2.20. The first-order valence-corrected chi connectivity index (χ1v) is 7.12. The summed E-state index contributed by atoms with van der Waals surface area (Å²) in [5.41, 5.74) is 2.24. The smallest absolute Gasteiger partial charge is 0.128 e. The number of ether oxygens (including phenoxy) is 1. The number of pyridine rings is 1. The lowest BCUT2D eigenvalue weighted by atomic mass is 10.1. The van der Waals surface area contributed by atoms with Gasteiger partial charge in [0.1, 0.15) is 11.6 Å². The van der Waals surface area contributed by atoms with Gasteiger partial charge in [0.05, 0.1) is 19.0 Å². The largest absolute Gasteiger partial charge is 0.496 e. The van der Waals surface area contributed by atoms with Gasteiger partial charge < -0.3 is 15.0 Å². The number of hydrogen-bond acceptors (Lipinski definition) is 4. The summed E-state index contributed by atoms with van der Waals surface area (Å²) in [7, 11) is 5.68. The molecule has 2 aromatic rings. The third-order valence-corrected chi connectivity index (χ3v) is 3.34. The van der Waals surface area contributed by atoms with Crippen molar-refractivity contribution in [2.24, 2.45) is 0 Å². The fourth-order valence-electron chi connectivity index (χ4n) is 2.27. The standard InChI is InChI=1S/C17H23N3O/c1-13(11-14-7-5-6-8-16(14)21-4)19-15-9-10-17(18-12-15)20(2)3/h5-10,12-13,19H,11H2,1-4H3. The van der Waals surface area contributed by atoms with E-state index in [2.05, 4.69) is 29.4 Å². The molecular formula is C17H23N3O. The minimum Gasteiger partial charge on any atom is -0.496 e. The molecule has 4 heteroatoms. The van der Waals surface area contributed by atoms with Crippen LogP contribution < -0.4 is 15.0 Å². The normalized spacial score (nSPS) is 11.8. The Labute approximate surface area is 126 Å². The molecule has 0 bridgehead atoms. The summed E-state index contributed by atoms with van der Waals surface area (Å²) in [6.07, 6.45) is 2.77. The molecule has 0 saturated heterocycles. The highest BCUT2D eigenvalue weighted by molar-refractivity contribution is 5.48. The molecule has 0 aliphatic heterocycles. The Morgan fingerprint density at radius 1 is 1.19 bits per heavy atom. The molecule has 21 heavy (non-hydrogen) atoms. The molecule has 112 valence electrons. The summed E-state index contributed by atoms with van der Waals surface area (Å²) < 4.78 is 5.39. The number of nitrogens with zero attached hydrogens (tertiary/aromatic N) is 2. The summed E-state index contributed by atoms with van der Waals surface area (Å²) in [4.78, 5) is 6.40. The molecule has 4 nitrogen and oxygen atoms in total. The van der Waals surface area contributed by atoms with Gasteiger partial charge >= 0.3 is 0 Å². The van der Waals surface area contributed by atoms with Gasteiger partial charge in [-0.1, -0.05) is 18.2 Å². The zero-order valence-electron chi connectivity index (χ0n) is 13.1. The van der Waals surface area contributed by atoms with Gasteiger partial charge in [-0.2, -0.15) is 0 Å². The van der Waals surface area contributed by atoms with E-state index in [4.69, 9.17) is 4.74 Å². The van der Waals surface area contributed by atoms with Crippen LogP contribution in [0.2, 0.25) is 0 Å². The van der Waals surface area contributed by atoms with E-state index in [1.807, 2.05) is 49.5 Å². The quantitative estimate of drug-likeness (QED) is 0.884. The van der Waals surface area contributed by atoms with Gasteiger partial charge in [0, 0.05) is 20.1 Å². The summed E-state index contributed by atoms with van der Waals surface area (Å²) in [5, 5.41) is 3.47. The molecule has 1 atom stereocenters. The maximum atomic E-state index is 5.39. The van der Waals surface area contributed by atoms with E-state index in [1.54, 1.807) is 7.11 Å². The van der Waals surface area contributed by atoms with Crippen LogP contribution in [0.3, 0.4) is 0 Å². The zero-order valence-corrected chi connectivity index (χ0v) is 13.1. The number of anilines is 2. The van der Waals surface area contributed by atoms with Crippen molar-refractivity contribution >= 4 is 11.5 Å². The first-order chi connectivity index (χ1) is 10.1. The van der Waals surface area contributed by atoms with Crippen molar-refractivity contribution in [3.63, 3.8) is 0 Å². The minimum absolute atomic E-state index is 0.299. The lowest BCUT2D eigenvalue weighted by Crippen LogP contribution is -2.19. The molecule has 1 aromatic carbocycles. The third kappa shape index (κ3) is 4.12. The summed E-state index contributed by atoms with van der Waals surface area (Å²) >= 11 is 0. The van der Waals surface area contributed by atoms with Crippen molar-refractivity contribution in [2.75, 3.05) is 31.4 Å². The van der Waals surface area contributed by atoms with Crippen LogP contribution in [0.15, 0.2) is 42.6 Å².